The third-order valence-electron chi connectivity index (χ3n) is 6.58. The number of rotatable bonds is 9. The Hall–Kier alpha value is -2.25. The number of likely N-dealkylation sites (tertiary alicyclic amines) is 1. The van der Waals surface area contributed by atoms with Crippen molar-refractivity contribution in [3.05, 3.63) is 59.7 Å². The number of aryl methyl sites for hydroxylation is 2. The van der Waals surface area contributed by atoms with Crippen LogP contribution < -0.4 is 22.3 Å². The van der Waals surface area contributed by atoms with E-state index in [4.69, 9.17) is 4.74 Å². The summed E-state index contributed by atoms with van der Waals surface area (Å²) in [7, 11) is 0. The molecule has 0 unspecified atom stereocenters. The van der Waals surface area contributed by atoms with Gasteiger partial charge in [0.05, 0.1) is 32.2 Å². The molecule has 2 aromatic carbocycles. The number of nitrogens with one attached hydrogen (secondary N) is 1. The van der Waals surface area contributed by atoms with Gasteiger partial charge in [-0.2, -0.15) is 0 Å². The van der Waals surface area contributed by atoms with E-state index in [-0.39, 0.29) is 29.1 Å². The number of ether oxygens (including phenoxy) is 1. The van der Waals surface area contributed by atoms with Crippen LogP contribution in [0.5, 0.6) is 11.5 Å². The highest BCUT2D eigenvalue weighted by atomic mass is 79.9. The van der Waals surface area contributed by atoms with E-state index in [2.05, 4.69) is 5.32 Å². The van der Waals surface area contributed by atoms with Crippen molar-refractivity contribution in [2.75, 3.05) is 26.2 Å². The van der Waals surface area contributed by atoms with Gasteiger partial charge in [0.25, 0.3) is 0 Å². The SMILES string of the molecule is CC(C)(C)OC(=O)N[C@H]1CCC[N+](CCCc2ccc(O)cc2)(CCCc2ccc(O)cc2)C1.[Br-]. The zero-order valence-electron chi connectivity index (χ0n) is 21.3. The van der Waals surface area contributed by atoms with Crippen LogP contribution in [0.1, 0.15) is 57.6 Å². The molecule has 35 heavy (non-hydrogen) atoms. The van der Waals surface area contributed by atoms with Crippen molar-refractivity contribution in [2.24, 2.45) is 0 Å². The molecular formula is C28H41BrN2O4. The molecule has 1 heterocycles. The van der Waals surface area contributed by atoms with Crippen molar-refractivity contribution in [1.29, 1.82) is 0 Å². The second-order valence-corrected chi connectivity index (χ2v) is 10.7. The van der Waals surface area contributed by atoms with Crippen LogP contribution in [0.3, 0.4) is 0 Å². The number of phenolic OH excluding ortho intramolecular Hbond substituents is 2. The highest BCUT2D eigenvalue weighted by Crippen LogP contribution is 2.23. The Kier molecular flexibility index (Phi) is 10.9. The van der Waals surface area contributed by atoms with Crippen molar-refractivity contribution in [1.82, 2.24) is 5.32 Å². The van der Waals surface area contributed by atoms with Gasteiger partial charge >= 0.3 is 6.09 Å². The molecule has 0 aliphatic carbocycles. The molecule has 0 bridgehead atoms. The molecule has 3 rings (SSSR count). The first kappa shape index (κ1) is 29.0. The van der Waals surface area contributed by atoms with Gasteiger partial charge in [0.2, 0.25) is 0 Å². The van der Waals surface area contributed by atoms with Crippen LogP contribution in [0.2, 0.25) is 0 Å². The topological polar surface area (TPSA) is 78.8 Å². The lowest BCUT2D eigenvalue weighted by atomic mass is 9.99. The van der Waals surface area contributed by atoms with Crippen LogP contribution in [0.15, 0.2) is 48.5 Å². The number of alkyl carbamates (subject to hydrolysis) is 1. The number of phenols is 2. The summed E-state index contributed by atoms with van der Waals surface area (Å²) in [6.45, 7) is 9.83. The number of benzene rings is 2. The van der Waals surface area contributed by atoms with Crippen molar-refractivity contribution in [3.63, 3.8) is 0 Å². The maximum Gasteiger partial charge on any atom is 0.408 e. The molecule has 1 atom stereocenters. The Balaban J connectivity index is 0.00000432. The van der Waals surface area contributed by atoms with E-state index < -0.39 is 5.60 Å². The van der Waals surface area contributed by atoms with Gasteiger partial charge in [-0.05, 0) is 81.8 Å². The Morgan fingerprint density at radius 3 is 1.89 bits per heavy atom. The molecule has 0 spiro atoms. The zero-order valence-corrected chi connectivity index (χ0v) is 22.9. The van der Waals surface area contributed by atoms with Gasteiger partial charge in [0.15, 0.2) is 0 Å². The largest absolute Gasteiger partial charge is 1.00 e. The monoisotopic (exact) mass is 548 g/mol. The molecule has 194 valence electrons. The van der Waals surface area contributed by atoms with Gasteiger partial charge in [-0.1, -0.05) is 24.3 Å². The minimum Gasteiger partial charge on any atom is -1.00 e. The van der Waals surface area contributed by atoms with Gasteiger partial charge in [-0.3, -0.25) is 0 Å². The molecule has 1 aliphatic rings. The predicted molar refractivity (Wildman–Crippen MR) is 135 cm³/mol. The summed E-state index contributed by atoms with van der Waals surface area (Å²) in [5.74, 6) is 0.599. The lowest BCUT2D eigenvalue weighted by Gasteiger charge is -2.45. The van der Waals surface area contributed by atoms with E-state index in [1.807, 2.05) is 45.0 Å². The molecule has 2 aromatic rings. The minimum atomic E-state index is -0.501. The van der Waals surface area contributed by atoms with Crippen molar-refractivity contribution in [3.8, 4) is 11.5 Å². The van der Waals surface area contributed by atoms with Crippen LogP contribution in [0.4, 0.5) is 4.79 Å². The van der Waals surface area contributed by atoms with Crippen LogP contribution in [0, 0.1) is 0 Å². The summed E-state index contributed by atoms with van der Waals surface area (Å²) < 4.78 is 6.50. The van der Waals surface area contributed by atoms with E-state index in [1.54, 1.807) is 24.3 Å². The number of amides is 1. The van der Waals surface area contributed by atoms with E-state index in [0.29, 0.717) is 11.5 Å². The molecule has 1 amide bonds. The summed E-state index contributed by atoms with van der Waals surface area (Å²) in [6.07, 6.45) is 5.80. The number of halogens is 1. The summed E-state index contributed by atoms with van der Waals surface area (Å²) in [4.78, 5) is 12.4. The molecular weight excluding hydrogens is 508 g/mol. The first-order valence-electron chi connectivity index (χ1n) is 12.5. The number of hydrogen-bond donors (Lipinski definition) is 3. The number of quaternary nitrogens is 1. The van der Waals surface area contributed by atoms with Crippen molar-refractivity contribution in [2.45, 2.75) is 70.9 Å². The maximum absolute atomic E-state index is 12.4. The van der Waals surface area contributed by atoms with Crippen LogP contribution >= 0.6 is 0 Å². The smallest absolute Gasteiger partial charge is 0.408 e. The Morgan fingerprint density at radius 1 is 0.943 bits per heavy atom. The van der Waals surface area contributed by atoms with Gasteiger partial charge in [0, 0.05) is 12.8 Å². The molecule has 3 N–H and O–H groups in total. The van der Waals surface area contributed by atoms with Crippen LogP contribution in [-0.2, 0) is 17.6 Å². The highest BCUT2D eigenvalue weighted by Gasteiger charge is 2.35. The first-order chi connectivity index (χ1) is 16.1. The molecule has 6 nitrogen and oxygen atoms in total. The second kappa shape index (κ2) is 13.2. The average molecular weight is 550 g/mol. The number of carbonyl (C=O) groups excluding carboxylic acids is 1. The molecule has 0 aromatic heterocycles. The number of nitrogens with zero attached hydrogens (tertiary/aromatic N) is 1. The first-order valence-corrected chi connectivity index (χ1v) is 12.5. The van der Waals surface area contributed by atoms with E-state index >= 15 is 0 Å². The summed E-state index contributed by atoms with van der Waals surface area (Å²) in [5, 5.41) is 22.2. The summed E-state index contributed by atoms with van der Waals surface area (Å²) in [5.41, 5.74) is 1.97. The van der Waals surface area contributed by atoms with Crippen molar-refractivity contribution < 1.29 is 41.2 Å². The maximum atomic E-state index is 12.4. The third kappa shape index (κ3) is 10.1. The van der Waals surface area contributed by atoms with Crippen molar-refractivity contribution >= 4 is 6.09 Å². The van der Waals surface area contributed by atoms with Gasteiger partial charge < -0.3 is 41.7 Å². The predicted octanol–water partition coefficient (Wildman–Crippen LogP) is 2.17. The molecule has 0 radical (unpaired) electrons. The molecule has 0 saturated carbocycles. The quantitative estimate of drug-likeness (QED) is 0.419. The Bertz CT molecular complexity index is 859. The van der Waals surface area contributed by atoms with Gasteiger partial charge in [-0.25, -0.2) is 4.79 Å². The third-order valence-corrected chi connectivity index (χ3v) is 6.58. The standard InChI is InChI=1S/C28H40N2O4.BrH/c1-28(2,3)34-27(33)29-24-9-6-20-30(21-24,18-4-7-22-10-14-25(31)15-11-22)19-5-8-23-12-16-26(32)17-13-23;/h10-17,24H,4-9,18-21H2,1-3H3,(H2-,29,31,32,33);1H/t24-;/m0./s1. The van der Waals surface area contributed by atoms with Crippen LogP contribution in [-0.4, -0.2) is 58.6 Å². The number of carbonyl (C=O) groups is 1. The fourth-order valence-electron chi connectivity index (χ4n) is 5.00. The Morgan fingerprint density at radius 2 is 1.43 bits per heavy atom. The van der Waals surface area contributed by atoms with E-state index in [1.165, 1.54) is 11.1 Å². The molecule has 1 aliphatic heterocycles. The van der Waals surface area contributed by atoms with Gasteiger partial charge in [0.1, 0.15) is 17.1 Å². The number of hydrogen-bond acceptors (Lipinski definition) is 4. The summed E-state index contributed by atoms with van der Waals surface area (Å²) >= 11 is 0. The zero-order chi connectivity index (χ0) is 24.6. The molecule has 1 fully saturated rings. The number of aromatic hydroxyl groups is 2. The Labute approximate surface area is 220 Å². The lowest BCUT2D eigenvalue weighted by Crippen LogP contribution is -3.00. The number of piperidine rings is 1. The van der Waals surface area contributed by atoms with Crippen LogP contribution in [0.25, 0.3) is 0 Å². The van der Waals surface area contributed by atoms with E-state index in [0.717, 1.165) is 69.2 Å². The second-order valence-electron chi connectivity index (χ2n) is 10.7. The lowest BCUT2D eigenvalue weighted by molar-refractivity contribution is -0.933. The minimum absolute atomic E-state index is 0. The fraction of sp³-hybridized carbons (Fsp3) is 0.536. The van der Waals surface area contributed by atoms with Gasteiger partial charge in [-0.15, -0.1) is 0 Å². The molecule has 7 heteroatoms. The molecule has 1 saturated heterocycles. The average Bonchev–Trinajstić information content (AvgIpc) is 2.75. The highest BCUT2D eigenvalue weighted by molar-refractivity contribution is 5.68. The normalized spacial score (nSPS) is 17.3. The fourth-order valence-corrected chi connectivity index (χ4v) is 5.00. The summed E-state index contributed by atoms with van der Waals surface area (Å²) in [6, 6.07) is 15.1. The van der Waals surface area contributed by atoms with E-state index in [9.17, 15) is 15.0 Å².